The number of aromatic amines is 1. The normalized spacial score (nSPS) is 19.4. The van der Waals surface area contributed by atoms with Crippen LogP contribution in [0, 0.1) is 0 Å². The van der Waals surface area contributed by atoms with Crippen molar-refractivity contribution < 1.29 is 14.6 Å². The Hall–Kier alpha value is -3.23. The van der Waals surface area contributed by atoms with Gasteiger partial charge >= 0.3 is 0 Å². The van der Waals surface area contributed by atoms with E-state index in [1.807, 2.05) is 30.3 Å². The van der Waals surface area contributed by atoms with Crippen LogP contribution in [-0.2, 0) is 6.54 Å². The molecule has 1 amide bonds. The van der Waals surface area contributed by atoms with Crippen molar-refractivity contribution in [2.75, 3.05) is 20.2 Å². The number of carbonyl (C=O) groups is 1. The van der Waals surface area contributed by atoms with E-state index >= 15 is 0 Å². The highest BCUT2D eigenvalue weighted by molar-refractivity contribution is 6.00. The van der Waals surface area contributed by atoms with Crippen LogP contribution >= 0.6 is 0 Å². The number of methoxy groups -OCH3 is 1. The fraction of sp³-hybridized carbons (Fsp3) is 0.318. The first kappa shape index (κ1) is 20.1. The van der Waals surface area contributed by atoms with Gasteiger partial charge in [0, 0.05) is 25.2 Å². The third-order valence-electron chi connectivity index (χ3n) is 5.36. The highest BCUT2D eigenvalue weighted by atomic mass is 16.5. The third kappa shape index (κ3) is 4.50. The summed E-state index contributed by atoms with van der Waals surface area (Å²) < 4.78 is 5.30. The molecule has 3 aromatic rings. The molecule has 1 aliphatic rings. The Bertz CT molecular complexity index is 992. The number of benzene rings is 2. The Labute approximate surface area is 174 Å². The lowest BCUT2D eigenvalue weighted by atomic mass is 10.00. The number of rotatable bonds is 6. The van der Waals surface area contributed by atoms with Crippen LogP contribution < -0.4 is 10.1 Å². The second kappa shape index (κ2) is 9.06. The molecule has 30 heavy (non-hydrogen) atoms. The fourth-order valence-corrected chi connectivity index (χ4v) is 3.79. The fourth-order valence-electron chi connectivity index (χ4n) is 3.79. The van der Waals surface area contributed by atoms with E-state index in [9.17, 15) is 9.90 Å². The monoisotopic (exact) mass is 407 g/mol. The molecule has 1 aliphatic heterocycles. The summed E-state index contributed by atoms with van der Waals surface area (Å²) >= 11 is 0. The predicted molar refractivity (Wildman–Crippen MR) is 112 cm³/mol. The summed E-state index contributed by atoms with van der Waals surface area (Å²) in [5, 5.41) is 20.2. The van der Waals surface area contributed by atoms with Gasteiger partial charge in [-0.2, -0.15) is 5.10 Å². The minimum absolute atomic E-state index is 0.241. The molecular weight excluding hydrogens is 382 g/mol. The number of aliphatic hydroxyl groups is 1. The van der Waals surface area contributed by atoms with Crippen LogP contribution in [0.4, 0.5) is 0 Å². The Morgan fingerprint density at radius 2 is 2.17 bits per heavy atom. The molecule has 8 heteroatoms. The molecule has 2 atom stereocenters. The first-order valence-electron chi connectivity index (χ1n) is 9.93. The van der Waals surface area contributed by atoms with Gasteiger partial charge in [-0.1, -0.05) is 30.3 Å². The van der Waals surface area contributed by atoms with Gasteiger partial charge in [0.15, 0.2) is 5.82 Å². The summed E-state index contributed by atoms with van der Waals surface area (Å²) in [4.78, 5) is 19.4. The number of carbonyl (C=O) groups excluding carboxylic acids is 1. The van der Waals surface area contributed by atoms with E-state index in [4.69, 9.17) is 4.74 Å². The van der Waals surface area contributed by atoms with Crippen molar-refractivity contribution in [3.63, 3.8) is 0 Å². The number of aliphatic hydroxyl groups excluding tert-OH is 1. The summed E-state index contributed by atoms with van der Waals surface area (Å²) in [5.41, 5.74) is 2.30. The van der Waals surface area contributed by atoms with Crippen LogP contribution in [0.1, 0.15) is 22.3 Å². The summed E-state index contributed by atoms with van der Waals surface area (Å²) in [5.74, 6) is 1.11. The second-order valence-corrected chi connectivity index (χ2v) is 7.40. The maximum Gasteiger partial charge on any atom is 0.252 e. The van der Waals surface area contributed by atoms with Gasteiger partial charge in [0.1, 0.15) is 12.1 Å². The molecule has 1 fully saturated rings. The highest BCUT2D eigenvalue weighted by Gasteiger charge is 2.30. The SMILES string of the molecule is COc1cccc(CN2CC[C@H](O)[C@H](NC(=O)c3ccccc3-c3ncn[nH]3)C2)c1. The van der Waals surface area contributed by atoms with Gasteiger partial charge in [-0.25, -0.2) is 4.98 Å². The van der Waals surface area contributed by atoms with Gasteiger partial charge in [0.2, 0.25) is 0 Å². The molecule has 8 nitrogen and oxygen atoms in total. The zero-order valence-electron chi connectivity index (χ0n) is 16.8. The van der Waals surface area contributed by atoms with Gasteiger partial charge in [-0.3, -0.25) is 14.8 Å². The minimum Gasteiger partial charge on any atom is -0.497 e. The number of ether oxygens (including phenoxy) is 1. The molecule has 3 N–H and O–H groups in total. The molecule has 0 bridgehead atoms. The lowest BCUT2D eigenvalue weighted by molar-refractivity contribution is 0.0410. The van der Waals surface area contributed by atoms with E-state index in [1.165, 1.54) is 6.33 Å². The molecule has 2 heterocycles. The van der Waals surface area contributed by atoms with E-state index in [-0.39, 0.29) is 11.9 Å². The Morgan fingerprint density at radius 3 is 2.97 bits per heavy atom. The second-order valence-electron chi connectivity index (χ2n) is 7.40. The number of H-pyrrole nitrogens is 1. The molecular formula is C22H25N5O3. The van der Waals surface area contributed by atoms with Gasteiger partial charge in [-0.05, 0) is 30.2 Å². The summed E-state index contributed by atoms with van der Waals surface area (Å²) in [6.45, 7) is 2.05. The first-order chi connectivity index (χ1) is 14.6. The Kier molecular flexibility index (Phi) is 6.06. The minimum atomic E-state index is -0.590. The molecule has 0 saturated carbocycles. The number of nitrogens with one attached hydrogen (secondary N) is 2. The van der Waals surface area contributed by atoms with Crippen LogP contribution in [0.15, 0.2) is 54.9 Å². The van der Waals surface area contributed by atoms with E-state index in [1.54, 1.807) is 19.2 Å². The number of hydrogen-bond donors (Lipinski definition) is 3. The van der Waals surface area contributed by atoms with Crippen molar-refractivity contribution in [3.8, 4) is 17.1 Å². The Balaban J connectivity index is 1.45. The van der Waals surface area contributed by atoms with E-state index in [2.05, 4.69) is 31.5 Å². The standard InChI is InChI=1S/C22H25N5O3/c1-30-16-6-4-5-15(11-16)12-27-10-9-20(28)19(13-27)25-22(29)18-8-3-2-7-17(18)21-23-14-24-26-21/h2-8,11,14,19-20,28H,9-10,12-13H2,1H3,(H,25,29)(H,23,24,26)/t19-,20+/m1/s1. The largest absolute Gasteiger partial charge is 0.497 e. The van der Waals surface area contributed by atoms with Crippen molar-refractivity contribution in [3.05, 3.63) is 66.0 Å². The predicted octanol–water partition coefficient (Wildman–Crippen LogP) is 1.85. The van der Waals surface area contributed by atoms with Gasteiger partial charge in [0.25, 0.3) is 5.91 Å². The summed E-state index contributed by atoms with van der Waals surface area (Å²) in [7, 11) is 1.65. The molecule has 0 spiro atoms. The molecule has 0 radical (unpaired) electrons. The van der Waals surface area contributed by atoms with Crippen LogP contribution in [0.2, 0.25) is 0 Å². The average Bonchev–Trinajstić information content (AvgIpc) is 3.31. The molecule has 0 unspecified atom stereocenters. The molecule has 156 valence electrons. The van der Waals surface area contributed by atoms with Crippen molar-refractivity contribution >= 4 is 5.91 Å². The van der Waals surface area contributed by atoms with Crippen molar-refractivity contribution in [1.29, 1.82) is 0 Å². The lowest BCUT2D eigenvalue weighted by Crippen LogP contribution is -2.54. The molecule has 1 saturated heterocycles. The van der Waals surface area contributed by atoms with Gasteiger partial charge < -0.3 is 15.2 Å². The smallest absolute Gasteiger partial charge is 0.252 e. The number of aromatic nitrogens is 3. The molecule has 0 aliphatic carbocycles. The van der Waals surface area contributed by atoms with Crippen LogP contribution in [0.25, 0.3) is 11.4 Å². The quantitative estimate of drug-likeness (QED) is 0.576. The average molecular weight is 407 g/mol. The first-order valence-corrected chi connectivity index (χ1v) is 9.93. The number of piperidine rings is 1. The maximum atomic E-state index is 13.0. The number of nitrogens with zero attached hydrogens (tertiary/aromatic N) is 3. The number of likely N-dealkylation sites (tertiary alicyclic amines) is 1. The number of hydrogen-bond acceptors (Lipinski definition) is 6. The Morgan fingerprint density at radius 1 is 1.30 bits per heavy atom. The van der Waals surface area contributed by atoms with Gasteiger partial charge in [-0.15, -0.1) is 0 Å². The van der Waals surface area contributed by atoms with Crippen LogP contribution in [0.3, 0.4) is 0 Å². The molecule has 2 aromatic carbocycles. The zero-order chi connectivity index (χ0) is 20.9. The van der Waals surface area contributed by atoms with E-state index in [0.29, 0.717) is 29.9 Å². The summed E-state index contributed by atoms with van der Waals surface area (Å²) in [6, 6.07) is 14.8. The third-order valence-corrected chi connectivity index (χ3v) is 5.36. The van der Waals surface area contributed by atoms with E-state index in [0.717, 1.165) is 24.4 Å². The molecule has 1 aromatic heterocycles. The van der Waals surface area contributed by atoms with Crippen molar-refractivity contribution in [2.45, 2.75) is 25.1 Å². The lowest BCUT2D eigenvalue weighted by Gasteiger charge is -2.36. The van der Waals surface area contributed by atoms with Crippen molar-refractivity contribution in [1.82, 2.24) is 25.4 Å². The highest BCUT2D eigenvalue weighted by Crippen LogP contribution is 2.21. The topological polar surface area (TPSA) is 103 Å². The van der Waals surface area contributed by atoms with Gasteiger partial charge in [0.05, 0.1) is 24.8 Å². The van der Waals surface area contributed by atoms with Crippen molar-refractivity contribution in [2.24, 2.45) is 0 Å². The molecule has 4 rings (SSSR count). The van der Waals surface area contributed by atoms with Crippen LogP contribution in [-0.4, -0.2) is 63.4 Å². The van der Waals surface area contributed by atoms with E-state index < -0.39 is 6.10 Å². The summed E-state index contributed by atoms with van der Waals surface area (Å²) in [6.07, 6.45) is 1.41. The zero-order valence-corrected chi connectivity index (χ0v) is 16.8. The number of amides is 1. The maximum absolute atomic E-state index is 13.0. The van der Waals surface area contributed by atoms with Crippen LogP contribution in [0.5, 0.6) is 5.75 Å².